The maximum absolute atomic E-state index is 12.9. The van der Waals surface area contributed by atoms with E-state index in [9.17, 15) is 13.2 Å². The Morgan fingerprint density at radius 3 is 2.46 bits per heavy atom. The lowest BCUT2D eigenvalue weighted by atomic mass is 10.2. The summed E-state index contributed by atoms with van der Waals surface area (Å²) < 4.78 is 32.7. The summed E-state index contributed by atoms with van der Waals surface area (Å²) in [6.07, 6.45) is 3.84. The molecule has 8 heteroatoms. The molecule has 1 saturated heterocycles. The monoisotopic (exact) mass is 422 g/mol. The van der Waals surface area contributed by atoms with Crippen LogP contribution in [-0.4, -0.2) is 38.3 Å². The van der Waals surface area contributed by atoms with Gasteiger partial charge in [0.25, 0.3) is 5.91 Å². The molecule has 0 radical (unpaired) electrons. The topological polar surface area (TPSA) is 75.7 Å². The Morgan fingerprint density at radius 2 is 1.75 bits per heavy atom. The minimum Gasteiger partial charge on any atom is -0.484 e. The lowest BCUT2D eigenvalue weighted by Gasteiger charge is -2.20. The second-order valence-electron chi connectivity index (χ2n) is 6.64. The van der Waals surface area contributed by atoms with Gasteiger partial charge in [-0.3, -0.25) is 4.79 Å². The number of hydrogen-bond donors (Lipinski definition) is 1. The molecular weight excluding hydrogens is 400 g/mol. The molecule has 3 rings (SSSR count). The van der Waals surface area contributed by atoms with Gasteiger partial charge in [-0.25, -0.2) is 8.42 Å². The van der Waals surface area contributed by atoms with E-state index in [1.54, 1.807) is 42.5 Å². The number of carbonyl (C=O) groups is 1. The van der Waals surface area contributed by atoms with Crippen molar-refractivity contribution in [2.75, 3.05) is 25.0 Å². The summed E-state index contributed by atoms with van der Waals surface area (Å²) in [5.41, 5.74) is 0.413. The SMILES string of the molecule is O=C(COc1cccc(Cl)c1)Nc1cccc(S(=O)(=O)N2CCCCCC2)c1. The van der Waals surface area contributed by atoms with Crippen molar-refractivity contribution in [3.63, 3.8) is 0 Å². The molecule has 1 heterocycles. The van der Waals surface area contributed by atoms with Gasteiger partial charge in [0, 0.05) is 23.8 Å². The molecule has 0 atom stereocenters. The highest BCUT2D eigenvalue weighted by Gasteiger charge is 2.25. The van der Waals surface area contributed by atoms with Crippen LogP contribution in [0.2, 0.25) is 5.02 Å². The van der Waals surface area contributed by atoms with Crippen molar-refractivity contribution < 1.29 is 17.9 Å². The van der Waals surface area contributed by atoms with E-state index in [-0.39, 0.29) is 17.4 Å². The standard InChI is InChI=1S/C20H23ClN2O4S/c21-16-7-5-9-18(13-16)27-15-20(24)22-17-8-6-10-19(14-17)28(25,26)23-11-3-1-2-4-12-23/h5-10,13-14H,1-4,11-12,15H2,(H,22,24). The molecule has 1 N–H and O–H groups in total. The summed E-state index contributed by atoms with van der Waals surface area (Å²) in [5, 5.41) is 3.19. The van der Waals surface area contributed by atoms with Crippen molar-refractivity contribution in [1.29, 1.82) is 0 Å². The highest BCUT2D eigenvalue weighted by molar-refractivity contribution is 7.89. The zero-order valence-corrected chi connectivity index (χ0v) is 17.0. The normalized spacial score (nSPS) is 15.6. The minimum absolute atomic E-state index is 0.183. The van der Waals surface area contributed by atoms with Crippen molar-refractivity contribution in [2.45, 2.75) is 30.6 Å². The highest BCUT2D eigenvalue weighted by atomic mass is 35.5. The van der Waals surface area contributed by atoms with Crippen LogP contribution in [0.15, 0.2) is 53.4 Å². The Morgan fingerprint density at radius 1 is 1.04 bits per heavy atom. The summed E-state index contributed by atoms with van der Waals surface area (Å²) in [6.45, 7) is 0.863. The molecule has 0 saturated carbocycles. The van der Waals surface area contributed by atoms with Gasteiger partial charge in [0.15, 0.2) is 6.61 Å². The Hall–Kier alpha value is -2.09. The van der Waals surface area contributed by atoms with Crippen LogP contribution in [0, 0.1) is 0 Å². The summed E-state index contributed by atoms with van der Waals surface area (Å²) in [6, 6.07) is 13.1. The third-order valence-corrected chi connectivity index (χ3v) is 6.62. The average molecular weight is 423 g/mol. The first kappa shape index (κ1) is 20.6. The maximum Gasteiger partial charge on any atom is 0.262 e. The van der Waals surface area contributed by atoms with E-state index in [1.165, 1.54) is 10.4 Å². The second-order valence-corrected chi connectivity index (χ2v) is 9.01. The average Bonchev–Trinajstić information content (AvgIpc) is 2.97. The lowest BCUT2D eigenvalue weighted by molar-refractivity contribution is -0.118. The number of anilines is 1. The van der Waals surface area contributed by atoms with E-state index >= 15 is 0 Å². The van der Waals surface area contributed by atoms with Crippen LogP contribution >= 0.6 is 11.6 Å². The first-order valence-corrected chi connectivity index (χ1v) is 11.1. The number of rotatable bonds is 6. The number of benzene rings is 2. The molecule has 0 unspecified atom stereocenters. The van der Waals surface area contributed by atoms with Crippen LogP contribution in [0.1, 0.15) is 25.7 Å². The molecule has 0 bridgehead atoms. The van der Waals surface area contributed by atoms with Crippen LogP contribution in [0.25, 0.3) is 0 Å². The molecule has 1 amide bonds. The summed E-state index contributed by atoms with van der Waals surface area (Å²) in [5.74, 6) is 0.101. The molecule has 0 aliphatic carbocycles. The fraction of sp³-hybridized carbons (Fsp3) is 0.350. The van der Waals surface area contributed by atoms with Gasteiger partial charge in [0.2, 0.25) is 10.0 Å². The lowest BCUT2D eigenvalue weighted by Crippen LogP contribution is -2.32. The first-order chi connectivity index (χ1) is 13.4. The van der Waals surface area contributed by atoms with Gasteiger partial charge in [0.1, 0.15) is 5.75 Å². The summed E-state index contributed by atoms with van der Waals surface area (Å²) >= 11 is 5.88. The second kappa shape index (κ2) is 9.41. The van der Waals surface area contributed by atoms with Gasteiger partial charge in [0.05, 0.1) is 4.90 Å². The Kier molecular flexibility index (Phi) is 6.93. The largest absolute Gasteiger partial charge is 0.484 e. The number of hydrogen-bond acceptors (Lipinski definition) is 4. The van der Waals surface area contributed by atoms with Crippen LogP contribution in [-0.2, 0) is 14.8 Å². The third-order valence-electron chi connectivity index (χ3n) is 4.49. The molecule has 0 aromatic heterocycles. The van der Waals surface area contributed by atoms with Crippen molar-refractivity contribution in [1.82, 2.24) is 4.31 Å². The first-order valence-electron chi connectivity index (χ1n) is 9.23. The molecule has 0 spiro atoms. The van der Waals surface area contributed by atoms with E-state index in [1.807, 2.05) is 0 Å². The maximum atomic E-state index is 12.9. The number of sulfonamides is 1. The molecule has 1 aliphatic rings. The van der Waals surface area contributed by atoms with Crippen LogP contribution < -0.4 is 10.1 Å². The van der Waals surface area contributed by atoms with Crippen molar-refractivity contribution in [2.24, 2.45) is 0 Å². The van der Waals surface area contributed by atoms with E-state index in [0.29, 0.717) is 29.5 Å². The highest BCUT2D eigenvalue weighted by Crippen LogP contribution is 2.23. The predicted molar refractivity (Wildman–Crippen MR) is 109 cm³/mol. The van der Waals surface area contributed by atoms with E-state index < -0.39 is 10.0 Å². The van der Waals surface area contributed by atoms with E-state index in [0.717, 1.165) is 25.7 Å². The van der Waals surface area contributed by atoms with Gasteiger partial charge in [-0.2, -0.15) is 4.31 Å². The molecule has 150 valence electrons. The van der Waals surface area contributed by atoms with Crippen molar-refractivity contribution in [3.8, 4) is 5.75 Å². The van der Waals surface area contributed by atoms with Gasteiger partial charge in [-0.1, -0.05) is 36.6 Å². The van der Waals surface area contributed by atoms with Crippen molar-refractivity contribution in [3.05, 3.63) is 53.6 Å². The molecule has 1 aliphatic heterocycles. The van der Waals surface area contributed by atoms with Gasteiger partial charge in [-0.05, 0) is 49.2 Å². The fourth-order valence-corrected chi connectivity index (χ4v) is 4.81. The molecular formula is C20H23ClN2O4S. The number of carbonyl (C=O) groups excluding carboxylic acids is 1. The van der Waals surface area contributed by atoms with Gasteiger partial charge < -0.3 is 10.1 Å². The molecule has 1 fully saturated rings. The van der Waals surface area contributed by atoms with Crippen LogP contribution in [0.3, 0.4) is 0 Å². The quantitative estimate of drug-likeness (QED) is 0.765. The number of amides is 1. The Bertz CT molecular complexity index is 925. The molecule has 6 nitrogen and oxygen atoms in total. The van der Waals surface area contributed by atoms with Crippen LogP contribution in [0.4, 0.5) is 5.69 Å². The zero-order chi connectivity index (χ0) is 20.0. The Labute approximate surface area is 170 Å². The molecule has 2 aromatic carbocycles. The smallest absolute Gasteiger partial charge is 0.262 e. The van der Waals surface area contributed by atoms with Crippen LogP contribution in [0.5, 0.6) is 5.75 Å². The number of halogens is 1. The van der Waals surface area contributed by atoms with E-state index in [2.05, 4.69) is 5.32 Å². The minimum atomic E-state index is -3.57. The van der Waals surface area contributed by atoms with Crippen molar-refractivity contribution >= 4 is 33.2 Å². The Balaban J connectivity index is 1.64. The number of nitrogens with one attached hydrogen (secondary N) is 1. The summed E-state index contributed by atoms with van der Waals surface area (Å²) in [7, 11) is -3.57. The zero-order valence-electron chi connectivity index (χ0n) is 15.4. The molecule has 2 aromatic rings. The van der Waals surface area contributed by atoms with Gasteiger partial charge >= 0.3 is 0 Å². The number of ether oxygens (including phenoxy) is 1. The number of nitrogens with zero attached hydrogens (tertiary/aromatic N) is 1. The van der Waals surface area contributed by atoms with E-state index in [4.69, 9.17) is 16.3 Å². The predicted octanol–water partition coefficient (Wildman–Crippen LogP) is 3.92. The summed E-state index contributed by atoms with van der Waals surface area (Å²) in [4.78, 5) is 12.3. The fourth-order valence-electron chi connectivity index (χ4n) is 3.07. The third kappa shape index (κ3) is 5.47. The van der Waals surface area contributed by atoms with Gasteiger partial charge in [-0.15, -0.1) is 0 Å². The molecule has 28 heavy (non-hydrogen) atoms.